The van der Waals surface area contributed by atoms with Crippen LogP contribution in [-0.4, -0.2) is 19.6 Å². The molecule has 1 rings (SSSR count). The first kappa shape index (κ1) is 9.74. The molecule has 0 unspecified atom stereocenters. The zero-order chi connectivity index (χ0) is 9.52. The minimum Gasteiger partial charge on any atom is -0.384 e. The van der Waals surface area contributed by atoms with Crippen molar-refractivity contribution in [1.29, 1.82) is 0 Å². The fourth-order valence-electron chi connectivity index (χ4n) is 0.888. The number of benzene rings is 1. The maximum Gasteiger partial charge on any atom is 0.226 e. The van der Waals surface area contributed by atoms with Gasteiger partial charge in [-0.2, -0.15) is 0 Å². The van der Waals surface area contributed by atoms with Crippen LogP contribution in [0.1, 0.15) is 6.42 Å². The summed E-state index contributed by atoms with van der Waals surface area (Å²) in [5.41, 5.74) is 0.792. The van der Waals surface area contributed by atoms with Gasteiger partial charge in [0, 0.05) is 12.8 Å². The molecule has 0 saturated heterocycles. The van der Waals surface area contributed by atoms with Gasteiger partial charge in [-0.3, -0.25) is 4.79 Å². The first-order valence-electron chi connectivity index (χ1n) is 4.08. The van der Waals surface area contributed by atoms with Crippen molar-refractivity contribution in [3.63, 3.8) is 0 Å². The van der Waals surface area contributed by atoms with Gasteiger partial charge in [0.25, 0.3) is 0 Å². The summed E-state index contributed by atoms with van der Waals surface area (Å²) < 4.78 is 4.78. The first-order chi connectivity index (χ1) is 6.33. The second-order valence-electron chi connectivity index (χ2n) is 2.58. The topological polar surface area (TPSA) is 38.3 Å². The van der Waals surface area contributed by atoms with Crippen LogP contribution in [0.3, 0.4) is 0 Å². The van der Waals surface area contributed by atoms with Crippen molar-refractivity contribution < 1.29 is 9.53 Å². The predicted octanol–water partition coefficient (Wildman–Crippen LogP) is 1.46. The van der Waals surface area contributed by atoms with E-state index in [0.717, 1.165) is 5.69 Å². The molecule has 0 aromatic heterocycles. The Labute approximate surface area is 77.7 Å². The first-order valence-corrected chi connectivity index (χ1v) is 4.08. The zero-order valence-electron chi connectivity index (χ0n) is 7.54. The summed E-state index contributed by atoms with van der Waals surface area (Å²) in [5, 5.41) is 2.74. The normalized spacial score (nSPS) is 9.62. The van der Waals surface area contributed by atoms with Crippen molar-refractivity contribution in [3.8, 4) is 0 Å². The molecular formula is C10H12NO2. The maximum absolute atomic E-state index is 11.2. The van der Waals surface area contributed by atoms with Crippen molar-refractivity contribution in [1.82, 2.24) is 0 Å². The number of carbonyl (C=O) groups excluding carboxylic acids is 1. The minimum atomic E-state index is -0.0342. The van der Waals surface area contributed by atoms with E-state index in [9.17, 15) is 4.79 Å². The third kappa shape index (κ3) is 3.71. The smallest absolute Gasteiger partial charge is 0.226 e. The van der Waals surface area contributed by atoms with E-state index >= 15 is 0 Å². The Bertz CT molecular complexity index is 259. The van der Waals surface area contributed by atoms with Gasteiger partial charge >= 0.3 is 0 Å². The molecule has 0 saturated carbocycles. The molecule has 13 heavy (non-hydrogen) atoms. The molecule has 69 valence electrons. The molecule has 1 N–H and O–H groups in total. The van der Waals surface area contributed by atoms with Crippen LogP contribution in [0.4, 0.5) is 5.69 Å². The van der Waals surface area contributed by atoms with E-state index in [1.165, 1.54) is 0 Å². The summed E-state index contributed by atoms with van der Waals surface area (Å²) in [7, 11) is 1.57. The van der Waals surface area contributed by atoms with Gasteiger partial charge < -0.3 is 10.1 Å². The number of hydrogen-bond acceptors (Lipinski definition) is 2. The van der Waals surface area contributed by atoms with Gasteiger partial charge in [0.05, 0.1) is 13.0 Å². The lowest BCUT2D eigenvalue weighted by Crippen LogP contribution is -2.13. The molecule has 0 atom stereocenters. The second kappa shape index (κ2) is 5.32. The van der Waals surface area contributed by atoms with Crippen LogP contribution in [0.2, 0.25) is 0 Å². The number of rotatable bonds is 4. The van der Waals surface area contributed by atoms with E-state index in [-0.39, 0.29) is 5.91 Å². The number of anilines is 1. The van der Waals surface area contributed by atoms with Crippen molar-refractivity contribution >= 4 is 11.6 Å². The van der Waals surface area contributed by atoms with Crippen molar-refractivity contribution in [2.24, 2.45) is 0 Å². The van der Waals surface area contributed by atoms with E-state index in [2.05, 4.69) is 11.4 Å². The number of ether oxygens (including phenoxy) is 1. The molecule has 1 radical (unpaired) electrons. The third-order valence-corrected chi connectivity index (χ3v) is 1.54. The summed E-state index contributed by atoms with van der Waals surface area (Å²) in [6.07, 6.45) is 0.384. The average Bonchev–Trinajstić information content (AvgIpc) is 2.16. The molecule has 1 amide bonds. The van der Waals surface area contributed by atoms with Crippen molar-refractivity contribution in [2.45, 2.75) is 6.42 Å². The Morgan fingerprint density at radius 1 is 1.54 bits per heavy atom. The molecule has 0 aliphatic heterocycles. The zero-order valence-corrected chi connectivity index (χ0v) is 7.54. The van der Waals surface area contributed by atoms with Crippen LogP contribution in [0, 0.1) is 6.07 Å². The van der Waals surface area contributed by atoms with Gasteiger partial charge in [-0.15, -0.1) is 0 Å². The second-order valence-corrected chi connectivity index (χ2v) is 2.58. The fraction of sp³-hybridized carbons (Fsp3) is 0.300. The highest BCUT2D eigenvalue weighted by molar-refractivity contribution is 5.90. The summed E-state index contributed by atoms with van der Waals surface area (Å²) in [6.45, 7) is 0.449. The van der Waals surface area contributed by atoms with Gasteiger partial charge in [-0.1, -0.05) is 12.1 Å². The Morgan fingerprint density at radius 3 is 2.85 bits per heavy atom. The summed E-state index contributed by atoms with van der Waals surface area (Å²) in [4.78, 5) is 11.2. The molecule has 1 aromatic carbocycles. The summed E-state index contributed by atoms with van der Waals surface area (Å²) in [5.74, 6) is -0.0342. The summed E-state index contributed by atoms with van der Waals surface area (Å²) in [6, 6.07) is 9.98. The van der Waals surface area contributed by atoms with Crippen molar-refractivity contribution in [2.75, 3.05) is 19.0 Å². The predicted molar refractivity (Wildman–Crippen MR) is 50.4 cm³/mol. The maximum atomic E-state index is 11.2. The van der Waals surface area contributed by atoms with E-state index < -0.39 is 0 Å². The van der Waals surface area contributed by atoms with E-state index in [1.54, 1.807) is 31.4 Å². The lowest BCUT2D eigenvalue weighted by molar-refractivity contribution is -0.117. The number of amides is 1. The number of hydrogen-bond donors (Lipinski definition) is 1. The highest BCUT2D eigenvalue weighted by atomic mass is 16.5. The fourth-order valence-corrected chi connectivity index (χ4v) is 0.888. The molecule has 0 spiro atoms. The van der Waals surface area contributed by atoms with Crippen LogP contribution >= 0.6 is 0 Å². The molecule has 0 fully saturated rings. The lowest BCUT2D eigenvalue weighted by Gasteiger charge is -2.03. The van der Waals surface area contributed by atoms with Crippen LogP contribution < -0.4 is 5.32 Å². The van der Waals surface area contributed by atoms with E-state index in [4.69, 9.17) is 4.74 Å². The lowest BCUT2D eigenvalue weighted by atomic mass is 10.3. The van der Waals surface area contributed by atoms with Crippen LogP contribution in [0.15, 0.2) is 24.3 Å². The molecular weight excluding hydrogens is 166 g/mol. The van der Waals surface area contributed by atoms with Gasteiger partial charge in [0.1, 0.15) is 0 Å². The number of nitrogens with one attached hydrogen (secondary N) is 1. The monoisotopic (exact) mass is 178 g/mol. The van der Waals surface area contributed by atoms with Gasteiger partial charge in [-0.25, -0.2) is 0 Å². The minimum absolute atomic E-state index is 0.0342. The Balaban J connectivity index is 2.37. The van der Waals surface area contributed by atoms with Crippen LogP contribution in [0.5, 0.6) is 0 Å². The van der Waals surface area contributed by atoms with Crippen LogP contribution in [0.25, 0.3) is 0 Å². The molecule has 0 aliphatic carbocycles. The highest BCUT2D eigenvalue weighted by Gasteiger charge is 1.99. The Kier molecular flexibility index (Phi) is 3.99. The van der Waals surface area contributed by atoms with Gasteiger partial charge in [-0.05, 0) is 18.2 Å². The molecule has 1 aromatic rings. The highest BCUT2D eigenvalue weighted by Crippen LogP contribution is 2.04. The van der Waals surface area contributed by atoms with E-state index in [0.29, 0.717) is 13.0 Å². The molecule has 0 bridgehead atoms. The van der Waals surface area contributed by atoms with Gasteiger partial charge in [0.15, 0.2) is 0 Å². The van der Waals surface area contributed by atoms with Crippen molar-refractivity contribution in [3.05, 3.63) is 30.3 Å². The quantitative estimate of drug-likeness (QED) is 0.758. The standard InChI is InChI=1S/C10H12NO2/c1-13-8-7-10(12)11-9-5-3-2-4-6-9/h3-6H,7-8H2,1H3,(H,11,12). The molecule has 3 heteroatoms. The SMILES string of the molecule is COCCC(=O)Nc1cc[c]cc1. The van der Waals surface area contributed by atoms with Gasteiger partial charge in [0.2, 0.25) is 5.91 Å². The number of methoxy groups -OCH3 is 1. The largest absolute Gasteiger partial charge is 0.384 e. The molecule has 3 nitrogen and oxygen atoms in total. The average molecular weight is 178 g/mol. The number of carbonyl (C=O) groups is 1. The Morgan fingerprint density at radius 2 is 2.23 bits per heavy atom. The summed E-state index contributed by atoms with van der Waals surface area (Å²) >= 11 is 0. The van der Waals surface area contributed by atoms with E-state index in [1.807, 2.05) is 0 Å². The Hall–Kier alpha value is -1.35. The molecule has 0 heterocycles. The molecule has 0 aliphatic rings. The van der Waals surface area contributed by atoms with Crippen LogP contribution in [-0.2, 0) is 9.53 Å². The third-order valence-electron chi connectivity index (χ3n) is 1.54.